The fourth-order valence-electron chi connectivity index (χ4n) is 1.08. The van der Waals surface area contributed by atoms with Crippen LogP contribution in [0.2, 0.25) is 0 Å². The highest BCUT2D eigenvalue weighted by atomic mass is 16.5. The molecule has 0 aromatic heterocycles. The summed E-state index contributed by atoms with van der Waals surface area (Å²) in [6.45, 7) is 1.37. The Bertz CT molecular complexity index is 306. The van der Waals surface area contributed by atoms with E-state index in [1.54, 1.807) is 12.1 Å². The summed E-state index contributed by atoms with van der Waals surface area (Å²) in [5, 5.41) is 0. The molecule has 3 heteroatoms. The molecule has 0 saturated heterocycles. The second-order valence-electron chi connectivity index (χ2n) is 2.88. The second kappa shape index (κ2) is 5.17. The van der Waals surface area contributed by atoms with E-state index >= 15 is 0 Å². The molecule has 0 N–H and O–H groups in total. The van der Waals surface area contributed by atoms with Crippen molar-refractivity contribution >= 4 is 12.3 Å². The Hall–Kier alpha value is -1.64. The number of benzene rings is 1. The van der Waals surface area contributed by atoms with Crippen LogP contribution in [0, 0.1) is 0 Å². The zero-order chi connectivity index (χ0) is 10.4. The fourth-order valence-corrected chi connectivity index (χ4v) is 1.08. The molecule has 1 rings (SSSR count). The van der Waals surface area contributed by atoms with E-state index in [4.69, 9.17) is 4.74 Å². The summed E-state index contributed by atoms with van der Waals surface area (Å²) in [7, 11) is 0. The first-order valence-corrected chi connectivity index (χ1v) is 4.30. The lowest BCUT2D eigenvalue weighted by Crippen LogP contribution is -2.11. The van der Waals surface area contributed by atoms with Crippen LogP contribution in [-0.2, 0) is 14.3 Å². The van der Waals surface area contributed by atoms with Gasteiger partial charge in [0, 0.05) is 6.92 Å². The number of carbonyl (C=O) groups is 1. The van der Waals surface area contributed by atoms with Gasteiger partial charge in [-0.1, -0.05) is 30.3 Å². The van der Waals surface area contributed by atoms with Crippen molar-refractivity contribution in [2.75, 3.05) is 6.61 Å². The minimum absolute atomic E-state index is 0.0584. The van der Waals surface area contributed by atoms with Crippen molar-refractivity contribution in [1.29, 1.82) is 0 Å². The molecular weight excluding hydrogens is 180 g/mol. The van der Waals surface area contributed by atoms with Crippen molar-refractivity contribution in [2.24, 2.45) is 0 Å². The number of hydrogen-bond acceptors (Lipinski definition) is 3. The molecule has 1 unspecified atom stereocenters. The van der Waals surface area contributed by atoms with Gasteiger partial charge in [-0.05, 0) is 5.56 Å². The van der Waals surface area contributed by atoms with Gasteiger partial charge in [0.1, 0.15) is 6.61 Å². The first kappa shape index (κ1) is 10.4. The van der Waals surface area contributed by atoms with Crippen LogP contribution < -0.4 is 0 Å². The average Bonchev–Trinajstić information content (AvgIpc) is 2.20. The van der Waals surface area contributed by atoms with Gasteiger partial charge in [0.15, 0.2) is 0 Å². The molecular formula is C11H11O3. The highest BCUT2D eigenvalue weighted by Crippen LogP contribution is 2.12. The lowest BCUT2D eigenvalue weighted by molar-refractivity contribution is -0.141. The molecule has 0 aliphatic heterocycles. The molecule has 14 heavy (non-hydrogen) atoms. The van der Waals surface area contributed by atoms with Crippen LogP contribution in [-0.4, -0.2) is 18.9 Å². The van der Waals surface area contributed by atoms with E-state index in [2.05, 4.69) is 0 Å². The van der Waals surface area contributed by atoms with Crippen molar-refractivity contribution in [3.05, 3.63) is 35.9 Å². The fraction of sp³-hybridized carbons (Fsp3) is 0.273. The van der Waals surface area contributed by atoms with E-state index in [1.807, 2.05) is 24.5 Å². The summed E-state index contributed by atoms with van der Waals surface area (Å²) in [5.41, 5.74) is 0.809. The Balaban J connectivity index is 2.63. The maximum absolute atomic E-state index is 10.6. The molecule has 1 radical (unpaired) electrons. The molecule has 0 spiro atoms. The van der Waals surface area contributed by atoms with Gasteiger partial charge in [-0.2, -0.15) is 0 Å². The molecule has 3 nitrogen and oxygen atoms in total. The van der Waals surface area contributed by atoms with E-state index < -0.39 is 5.92 Å². The molecule has 0 bridgehead atoms. The van der Waals surface area contributed by atoms with Crippen LogP contribution in [0.1, 0.15) is 18.4 Å². The number of esters is 1. The van der Waals surface area contributed by atoms with Gasteiger partial charge in [0.25, 0.3) is 0 Å². The Morgan fingerprint density at radius 1 is 1.43 bits per heavy atom. The third kappa shape index (κ3) is 3.01. The summed E-state index contributed by atoms with van der Waals surface area (Å²) in [6.07, 6.45) is 1.85. The number of rotatable bonds is 4. The predicted octanol–water partition coefficient (Wildman–Crippen LogP) is 1.44. The first-order valence-electron chi connectivity index (χ1n) is 4.30. The lowest BCUT2D eigenvalue weighted by atomic mass is 10.0. The second-order valence-corrected chi connectivity index (χ2v) is 2.88. The largest absolute Gasteiger partial charge is 0.465 e. The quantitative estimate of drug-likeness (QED) is 0.676. The normalized spacial score (nSPS) is 11.8. The van der Waals surface area contributed by atoms with Gasteiger partial charge in [0.2, 0.25) is 6.29 Å². The molecule has 0 heterocycles. The van der Waals surface area contributed by atoms with Crippen LogP contribution in [0.5, 0.6) is 0 Å². The SMILES string of the molecule is CC(=O)OCC([C]=O)c1ccccc1. The highest BCUT2D eigenvalue weighted by Gasteiger charge is 2.12. The van der Waals surface area contributed by atoms with Crippen LogP contribution in [0.3, 0.4) is 0 Å². The van der Waals surface area contributed by atoms with Gasteiger partial charge >= 0.3 is 5.97 Å². The van der Waals surface area contributed by atoms with Crippen molar-refractivity contribution in [3.63, 3.8) is 0 Å². The molecule has 0 fully saturated rings. The van der Waals surface area contributed by atoms with Crippen molar-refractivity contribution < 1.29 is 14.3 Å². The molecule has 1 aromatic rings. The molecule has 0 amide bonds. The Labute approximate surface area is 82.7 Å². The molecule has 1 aromatic carbocycles. The van der Waals surface area contributed by atoms with Crippen LogP contribution >= 0.6 is 0 Å². The van der Waals surface area contributed by atoms with Gasteiger partial charge in [0.05, 0.1) is 5.92 Å². The van der Waals surface area contributed by atoms with Gasteiger partial charge in [-0.15, -0.1) is 0 Å². The molecule has 0 aliphatic carbocycles. The van der Waals surface area contributed by atoms with Crippen molar-refractivity contribution in [2.45, 2.75) is 12.8 Å². The monoisotopic (exact) mass is 191 g/mol. The summed E-state index contributed by atoms with van der Waals surface area (Å²) >= 11 is 0. The van der Waals surface area contributed by atoms with Crippen LogP contribution in [0.25, 0.3) is 0 Å². The van der Waals surface area contributed by atoms with Crippen LogP contribution in [0.15, 0.2) is 30.3 Å². The maximum atomic E-state index is 10.6. The van der Waals surface area contributed by atoms with Gasteiger partial charge < -0.3 is 4.74 Å². The van der Waals surface area contributed by atoms with E-state index in [0.29, 0.717) is 0 Å². The Morgan fingerprint density at radius 2 is 2.07 bits per heavy atom. The number of hydrogen-bond donors (Lipinski definition) is 0. The summed E-state index contributed by atoms with van der Waals surface area (Å²) in [6, 6.07) is 9.12. The zero-order valence-corrected chi connectivity index (χ0v) is 7.90. The lowest BCUT2D eigenvalue weighted by Gasteiger charge is -2.08. The van der Waals surface area contributed by atoms with E-state index in [0.717, 1.165) is 5.56 Å². The Morgan fingerprint density at radius 3 is 2.57 bits per heavy atom. The van der Waals surface area contributed by atoms with E-state index in [1.165, 1.54) is 6.92 Å². The predicted molar refractivity (Wildman–Crippen MR) is 51.5 cm³/mol. The average molecular weight is 191 g/mol. The minimum Gasteiger partial charge on any atom is -0.465 e. The maximum Gasteiger partial charge on any atom is 0.302 e. The van der Waals surface area contributed by atoms with Gasteiger partial charge in [-0.25, -0.2) is 0 Å². The van der Waals surface area contributed by atoms with Gasteiger partial charge in [-0.3, -0.25) is 9.59 Å². The van der Waals surface area contributed by atoms with Crippen molar-refractivity contribution in [1.82, 2.24) is 0 Å². The summed E-state index contributed by atoms with van der Waals surface area (Å²) < 4.78 is 4.75. The third-order valence-electron chi connectivity index (χ3n) is 1.80. The standard InChI is InChI=1S/C11H11O3/c1-9(13)14-8-11(7-12)10-5-3-2-4-6-10/h2-6,11H,8H2,1H3. The summed E-state index contributed by atoms with van der Waals surface area (Å²) in [4.78, 5) is 21.1. The highest BCUT2D eigenvalue weighted by molar-refractivity contribution is 5.68. The zero-order valence-electron chi connectivity index (χ0n) is 7.90. The molecule has 73 valence electrons. The van der Waals surface area contributed by atoms with E-state index in [-0.39, 0.29) is 12.6 Å². The third-order valence-corrected chi connectivity index (χ3v) is 1.80. The smallest absolute Gasteiger partial charge is 0.302 e. The van der Waals surface area contributed by atoms with Crippen molar-refractivity contribution in [3.8, 4) is 0 Å². The number of ether oxygens (including phenoxy) is 1. The minimum atomic E-state index is -0.486. The van der Waals surface area contributed by atoms with E-state index in [9.17, 15) is 9.59 Å². The molecule has 0 saturated carbocycles. The summed E-state index contributed by atoms with van der Waals surface area (Å²) in [5.74, 6) is -0.874. The Kier molecular flexibility index (Phi) is 3.85. The molecule has 0 aliphatic rings. The first-order chi connectivity index (χ1) is 6.74. The number of carbonyl (C=O) groups excluding carboxylic acids is 2. The molecule has 1 atom stereocenters. The van der Waals surface area contributed by atoms with Crippen LogP contribution in [0.4, 0.5) is 0 Å². The topological polar surface area (TPSA) is 43.4 Å².